The van der Waals surface area contributed by atoms with Gasteiger partial charge in [-0.3, -0.25) is 15.1 Å². The largest absolute Gasteiger partial charge is 0.478 e. The molecule has 1 rings (SSSR count). The van der Waals surface area contributed by atoms with Crippen LogP contribution in [0.1, 0.15) is 10.4 Å². The van der Waals surface area contributed by atoms with Crippen LogP contribution in [0.2, 0.25) is 0 Å². The molecule has 0 radical (unpaired) electrons. The lowest BCUT2D eigenvalue weighted by Crippen LogP contribution is -2.02. The Morgan fingerprint density at radius 1 is 1.65 bits per heavy atom. The number of rotatable bonds is 4. The van der Waals surface area contributed by atoms with Gasteiger partial charge < -0.3 is 5.11 Å². The van der Waals surface area contributed by atoms with E-state index in [0.29, 0.717) is 0 Å². The van der Waals surface area contributed by atoms with Crippen LogP contribution in [0.25, 0.3) is 0 Å². The summed E-state index contributed by atoms with van der Waals surface area (Å²) in [6, 6.07) is 1.94. The maximum absolute atomic E-state index is 13.2. The molecule has 0 amide bonds. The molecule has 17 heavy (non-hydrogen) atoms. The Hall–Kier alpha value is -1.83. The Morgan fingerprint density at radius 2 is 2.29 bits per heavy atom. The molecule has 8 heteroatoms. The molecule has 0 saturated carbocycles. The van der Waals surface area contributed by atoms with Gasteiger partial charge in [0.05, 0.1) is 21.9 Å². The topological polar surface area (TPSA) is 92.8 Å². The smallest absolute Gasteiger partial charge is 0.337 e. The summed E-state index contributed by atoms with van der Waals surface area (Å²) >= 11 is 2.84. The van der Waals surface area contributed by atoms with Gasteiger partial charge in [0.15, 0.2) is 0 Å². The van der Waals surface area contributed by atoms with Crippen molar-refractivity contribution in [2.75, 3.05) is 6.54 Å². The van der Waals surface area contributed by atoms with Crippen LogP contribution in [0.5, 0.6) is 0 Å². The van der Waals surface area contributed by atoms with Gasteiger partial charge >= 0.3 is 5.97 Å². The number of hydrogen-bond donors (Lipinski definition) is 1. The van der Waals surface area contributed by atoms with Crippen LogP contribution < -0.4 is 0 Å². The molecule has 0 unspecified atom stereocenters. The summed E-state index contributed by atoms with van der Waals surface area (Å²) in [4.78, 5) is 23.8. The minimum absolute atomic E-state index is 0.0110. The molecule has 0 aliphatic heterocycles. The van der Waals surface area contributed by atoms with E-state index in [9.17, 15) is 19.3 Å². The number of carbonyl (C=O) groups is 1. The van der Waals surface area contributed by atoms with E-state index in [4.69, 9.17) is 5.11 Å². The number of hydrogen-bond acceptors (Lipinski definition) is 4. The van der Waals surface area contributed by atoms with Crippen LogP contribution in [0, 0.1) is 15.9 Å². The second-order valence-corrected chi connectivity index (χ2v) is 3.77. The van der Waals surface area contributed by atoms with Gasteiger partial charge in [0.2, 0.25) is 6.54 Å². The molecule has 0 bridgehead atoms. The first-order valence-electron chi connectivity index (χ1n) is 4.28. The number of aliphatic imine (C=N–C) groups is 1. The van der Waals surface area contributed by atoms with Crippen LogP contribution in [-0.4, -0.2) is 28.8 Å². The number of benzene rings is 1. The van der Waals surface area contributed by atoms with Gasteiger partial charge in [-0.15, -0.1) is 0 Å². The Kier molecular flexibility index (Phi) is 4.27. The van der Waals surface area contributed by atoms with E-state index in [1.54, 1.807) is 0 Å². The normalized spacial score (nSPS) is 10.7. The van der Waals surface area contributed by atoms with Gasteiger partial charge in [0.25, 0.3) is 0 Å². The van der Waals surface area contributed by atoms with Crippen molar-refractivity contribution in [1.82, 2.24) is 0 Å². The lowest BCUT2D eigenvalue weighted by Gasteiger charge is -2.02. The molecule has 6 nitrogen and oxygen atoms in total. The van der Waals surface area contributed by atoms with Crippen LogP contribution in [0.4, 0.5) is 10.1 Å². The van der Waals surface area contributed by atoms with Crippen molar-refractivity contribution >= 4 is 33.8 Å². The van der Waals surface area contributed by atoms with Crippen molar-refractivity contribution in [2.24, 2.45) is 4.99 Å². The van der Waals surface area contributed by atoms with E-state index in [2.05, 4.69) is 20.9 Å². The molecule has 0 aliphatic carbocycles. The van der Waals surface area contributed by atoms with Crippen molar-refractivity contribution < 1.29 is 19.2 Å². The molecule has 0 spiro atoms. The first-order valence-corrected chi connectivity index (χ1v) is 5.07. The summed E-state index contributed by atoms with van der Waals surface area (Å²) < 4.78 is 13.1. The van der Waals surface area contributed by atoms with Gasteiger partial charge in [-0.25, -0.2) is 9.18 Å². The van der Waals surface area contributed by atoms with Crippen molar-refractivity contribution in [3.05, 3.63) is 38.1 Å². The molecular formula is C9H6BrFN2O4. The molecule has 0 fully saturated rings. The van der Waals surface area contributed by atoms with E-state index in [0.717, 1.165) is 18.3 Å². The van der Waals surface area contributed by atoms with Crippen molar-refractivity contribution in [1.29, 1.82) is 0 Å². The predicted octanol–water partition coefficient (Wildman–Crippen LogP) is 2.27. The Bertz CT molecular complexity index is 504. The summed E-state index contributed by atoms with van der Waals surface area (Å²) in [5.41, 5.74) is -0.405. The summed E-state index contributed by atoms with van der Waals surface area (Å²) in [5, 5.41) is 18.9. The highest BCUT2D eigenvalue weighted by molar-refractivity contribution is 9.10. The molecule has 0 saturated heterocycles. The maximum atomic E-state index is 13.2. The van der Waals surface area contributed by atoms with Gasteiger partial charge in [0.1, 0.15) is 5.82 Å². The number of nitro groups is 1. The van der Waals surface area contributed by atoms with Crippen LogP contribution in [0.3, 0.4) is 0 Å². The number of nitrogens with zero attached hydrogens (tertiary/aromatic N) is 2. The molecule has 0 aliphatic rings. The monoisotopic (exact) mass is 304 g/mol. The SMILES string of the molecule is O=C(O)c1cc(Br)c(F)cc1N=CC[N+](=O)[O-]. The average molecular weight is 305 g/mol. The fraction of sp³-hybridized carbons (Fsp3) is 0.111. The van der Waals surface area contributed by atoms with Gasteiger partial charge in [0, 0.05) is 11.0 Å². The number of halogens is 2. The zero-order valence-electron chi connectivity index (χ0n) is 8.26. The van der Waals surface area contributed by atoms with Crippen LogP contribution in [-0.2, 0) is 0 Å². The number of carboxylic acids is 1. The molecule has 1 aromatic rings. The molecule has 0 heterocycles. The molecule has 0 atom stereocenters. The summed E-state index contributed by atoms with van der Waals surface area (Å²) in [6.07, 6.45) is 0.912. The Balaban J connectivity index is 3.13. The fourth-order valence-electron chi connectivity index (χ4n) is 1.02. The van der Waals surface area contributed by atoms with E-state index < -0.39 is 23.3 Å². The number of carboxylic acid groups (broad SMARTS) is 1. The third-order valence-corrected chi connectivity index (χ3v) is 2.34. The summed E-state index contributed by atoms with van der Waals surface area (Å²) in [7, 11) is 0. The summed E-state index contributed by atoms with van der Waals surface area (Å²) in [6.45, 7) is -0.559. The predicted molar refractivity (Wildman–Crippen MR) is 61.1 cm³/mol. The highest BCUT2D eigenvalue weighted by atomic mass is 79.9. The molecular weight excluding hydrogens is 299 g/mol. The third kappa shape index (κ3) is 3.59. The average Bonchev–Trinajstić information content (AvgIpc) is 2.22. The van der Waals surface area contributed by atoms with E-state index in [1.807, 2.05) is 0 Å². The number of aromatic carboxylic acids is 1. The fourth-order valence-corrected chi connectivity index (χ4v) is 1.36. The van der Waals surface area contributed by atoms with E-state index >= 15 is 0 Å². The van der Waals surface area contributed by atoms with Crippen molar-refractivity contribution in [3.8, 4) is 0 Å². The summed E-state index contributed by atoms with van der Waals surface area (Å²) in [5.74, 6) is -1.98. The van der Waals surface area contributed by atoms with E-state index in [-0.39, 0.29) is 15.7 Å². The van der Waals surface area contributed by atoms with Crippen LogP contribution in [0.15, 0.2) is 21.6 Å². The maximum Gasteiger partial charge on any atom is 0.337 e. The third-order valence-electron chi connectivity index (χ3n) is 1.73. The second-order valence-electron chi connectivity index (χ2n) is 2.92. The zero-order valence-corrected chi connectivity index (χ0v) is 9.85. The molecule has 0 aromatic heterocycles. The quantitative estimate of drug-likeness (QED) is 0.524. The first kappa shape index (κ1) is 13.2. The Morgan fingerprint density at radius 3 is 2.82 bits per heavy atom. The first-order chi connectivity index (χ1) is 7.91. The standard InChI is InChI=1S/C9H6BrFN2O4/c10-6-3-5(9(14)15)8(4-7(6)11)12-1-2-13(16)17/h1,3-4H,2H2,(H,14,15). The van der Waals surface area contributed by atoms with Gasteiger partial charge in [-0.2, -0.15) is 0 Å². The van der Waals surface area contributed by atoms with Crippen molar-refractivity contribution in [2.45, 2.75) is 0 Å². The highest BCUT2D eigenvalue weighted by Crippen LogP contribution is 2.26. The lowest BCUT2D eigenvalue weighted by atomic mass is 10.2. The van der Waals surface area contributed by atoms with Crippen molar-refractivity contribution in [3.63, 3.8) is 0 Å². The van der Waals surface area contributed by atoms with Crippen LogP contribution >= 0.6 is 15.9 Å². The lowest BCUT2D eigenvalue weighted by molar-refractivity contribution is -0.462. The minimum Gasteiger partial charge on any atom is -0.478 e. The zero-order chi connectivity index (χ0) is 13.0. The van der Waals surface area contributed by atoms with E-state index in [1.165, 1.54) is 0 Å². The van der Waals surface area contributed by atoms with Gasteiger partial charge in [-0.05, 0) is 22.0 Å². The molecule has 1 aromatic carbocycles. The molecule has 90 valence electrons. The molecule has 1 N–H and O–H groups in total. The Labute approximate surface area is 103 Å². The second kappa shape index (κ2) is 5.48. The van der Waals surface area contributed by atoms with Gasteiger partial charge in [-0.1, -0.05) is 0 Å². The highest BCUT2D eigenvalue weighted by Gasteiger charge is 2.13. The minimum atomic E-state index is -1.29.